The lowest BCUT2D eigenvalue weighted by molar-refractivity contribution is -0.140. The Bertz CT molecular complexity index is 200. The van der Waals surface area contributed by atoms with Gasteiger partial charge in [0.1, 0.15) is 6.04 Å². The maximum atomic E-state index is 10.8. The van der Waals surface area contributed by atoms with Gasteiger partial charge >= 0.3 is 5.97 Å². The number of hydrogen-bond acceptors (Lipinski definition) is 3. The largest absolute Gasteiger partial charge is 0.464 e. The first-order valence-electron chi connectivity index (χ1n) is 3.33. The number of rotatable bonds is 2. The Kier molecular flexibility index (Phi) is 2.25. The van der Waals surface area contributed by atoms with Gasteiger partial charge in [0, 0.05) is 6.42 Å². The van der Waals surface area contributed by atoms with E-state index in [0.717, 1.165) is 6.08 Å². The second-order valence-corrected chi connectivity index (χ2v) is 2.22. The average Bonchev–Trinajstić information content (AvgIpc) is 2.37. The third kappa shape index (κ3) is 1.80. The van der Waals surface area contributed by atoms with Gasteiger partial charge in [0.25, 0.3) is 0 Å². The van der Waals surface area contributed by atoms with Gasteiger partial charge in [-0.05, 0) is 6.08 Å². The van der Waals surface area contributed by atoms with Crippen molar-refractivity contribution in [2.24, 2.45) is 0 Å². The summed E-state index contributed by atoms with van der Waals surface area (Å²) in [5.74, 6) is -0.700. The molecule has 0 aromatic rings. The molecular weight excluding hydrogens is 146 g/mol. The van der Waals surface area contributed by atoms with Gasteiger partial charge in [-0.25, -0.2) is 4.79 Å². The number of esters is 1. The summed E-state index contributed by atoms with van der Waals surface area (Å²) in [5.41, 5.74) is 0. The van der Waals surface area contributed by atoms with Crippen LogP contribution in [0.4, 0.5) is 0 Å². The van der Waals surface area contributed by atoms with Crippen LogP contribution >= 0.6 is 0 Å². The molecule has 1 amide bonds. The van der Waals surface area contributed by atoms with Gasteiger partial charge in [-0.3, -0.25) is 4.79 Å². The molecule has 1 N–H and O–H groups in total. The molecule has 1 rings (SSSR count). The van der Waals surface area contributed by atoms with E-state index in [0.29, 0.717) is 13.0 Å². The zero-order chi connectivity index (χ0) is 8.27. The first-order valence-corrected chi connectivity index (χ1v) is 3.33. The van der Waals surface area contributed by atoms with Crippen LogP contribution in [0, 0.1) is 0 Å². The number of carbonyl (C=O) groups is 2. The summed E-state index contributed by atoms with van der Waals surface area (Å²) in [5, 5.41) is 2.45. The molecular formula is C7H9NO3. The molecule has 0 unspecified atom stereocenters. The van der Waals surface area contributed by atoms with Gasteiger partial charge in [0.05, 0.1) is 6.61 Å². The molecule has 4 nitrogen and oxygen atoms in total. The predicted octanol–water partition coefficient (Wildman–Crippen LogP) is -0.396. The van der Waals surface area contributed by atoms with Gasteiger partial charge in [-0.2, -0.15) is 0 Å². The van der Waals surface area contributed by atoms with E-state index in [1.807, 2.05) is 0 Å². The van der Waals surface area contributed by atoms with Crippen molar-refractivity contribution < 1.29 is 14.3 Å². The standard InChI is InChI=1S/C7H9NO3/c1-2-6(9)8-5-3-4-11-7(5)10/h2,5H,1,3-4H2,(H,8,9)/t5-/m0/s1. The lowest BCUT2D eigenvalue weighted by atomic mass is 10.2. The monoisotopic (exact) mass is 155 g/mol. The molecule has 1 atom stereocenters. The second kappa shape index (κ2) is 3.18. The fraction of sp³-hybridized carbons (Fsp3) is 0.429. The van der Waals surface area contributed by atoms with E-state index >= 15 is 0 Å². The lowest BCUT2D eigenvalue weighted by Crippen LogP contribution is -2.36. The number of hydrogen-bond donors (Lipinski definition) is 1. The molecule has 1 aliphatic rings. The predicted molar refractivity (Wildman–Crippen MR) is 37.7 cm³/mol. The number of cyclic esters (lactones) is 1. The molecule has 0 aromatic carbocycles. The Morgan fingerprint density at radius 1 is 1.82 bits per heavy atom. The molecule has 0 aliphatic carbocycles. The molecule has 1 fully saturated rings. The minimum Gasteiger partial charge on any atom is -0.464 e. The van der Waals surface area contributed by atoms with Crippen molar-refractivity contribution in [2.45, 2.75) is 12.5 Å². The number of amides is 1. The van der Waals surface area contributed by atoms with Crippen LogP contribution in [0.3, 0.4) is 0 Å². The molecule has 0 aromatic heterocycles. The summed E-state index contributed by atoms with van der Waals surface area (Å²) in [4.78, 5) is 21.4. The van der Waals surface area contributed by atoms with Crippen molar-refractivity contribution in [3.63, 3.8) is 0 Å². The van der Waals surface area contributed by atoms with Gasteiger partial charge in [0.15, 0.2) is 0 Å². The van der Waals surface area contributed by atoms with Crippen LogP contribution in [-0.2, 0) is 14.3 Å². The molecule has 0 saturated carbocycles. The summed E-state index contributed by atoms with van der Waals surface area (Å²) in [6.07, 6.45) is 1.68. The Labute approximate surface area is 64.2 Å². The van der Waals surface area contributed by atoms with Crippen LogP contribution in [0.2, 0.25) is 0 Å². The molecule has 11 heavy (non-hydrogen) atoms. The van der Waals surface area contributed by atoms with Gasteiger partial charge in [-0.1, -0.05) is 6.58 Å². The zero-order valence-electron chi connectivity index (χ0n) is 6.00. The first kappa shape index (κ1) is 7.78. The van der Waals surface area contributed by atoms with Crippen molar-refractivity contribution in [2.75, 3.05) is 6.61 Å². The maximum Gasteiger partial charge on any atom is 0.328 e. The van der Waals surface area contributed by atoms with Crippen molar-refractivity contribution in [3.8, 4) is 0 Å². The van der Waals surface area contributed by atoms with Crippen LogP contribution in [-0.4, -0.2) is 24.5 Å². The van der Waals surface area contributed by atoms with Crippen molar-refractivity contribution in [3.05, 3.63) is 12.7 Å². The van der Waals surface area contributed by atoms with Crippen LogP contribution in [0.25, 0.3) is 0 Å². The minimum absolute atomic E-state index is 0.339. The molecule has 0 spiro atoms. The van der Waals surface area contributed by atoms with Crippen LogP contribution in [0.1, 0.15) is 6.42 Å². The van der Waals surface area contributed by atoms with E-state index in [4.69, 9.17) is 0 Å². The number of carbonyl (C=O) groups excluding carboxylic acids is 2. The molecule has 0 bridgehead atoms. The van der Waals surface area contributed by atoms with E-state index in [-0.39, 0.29) is 11.9 Å². The van der Waals surface area contributed by atoms with E-state index in [2.05, 4.69) is 16.6 Å². The highest BCUT2D eigenvalue weighted by Crippen LogP contribution is 2.04. The van der Waals surface area contributed by atoms with Gasteiger partial charge in [-0.15, -0.1) is 0 Å². The molecule has 1 saturated heterocycles. The Hall–Kier alpha value is -1.32. The summed E-state index contributed by atoms with van der Waals surface area (Å²) in [7, 11) is 0. The van der Waals surface area contributed by atoms with E-state index in [1.165, 1.54) is 0 Å². The lowest BCUT2D eigenvalue weighted by Gasteiger charge is -2.04. The Morgan fingerprint density at radius 2 is 2.55 bits per heavy atom. The fourth-order valence-corrected chi connectivity index (χ4v) is 0.858. The van der Waals surface area contributed by atoms with Crippen molar-refractivity contribution in [1.82, 2.24) is 5.32 Å². The topological polar surface area (TPSA) is 55.4 Å². The van der Waals surface area contributed by atoms with Crippen LogP contribution < -0.4 is 5.32 Å². The summed E-state index contributed by atoms with van der Waals surface area (Å²) >= 11 is 0. The summed E-state index contributed by atoms with van der Waals surface area (Å²) in [6.45, 7) is 3.65. The summed E-state index contributed by atoms with van der Waals surface area (Å²) < 4.78 is 4.62. The smallest absolute Gasteiger partial charge is 0.328 e. The van der Waals surface area contributed by atoms with Crippen LogP contribution in [0.5, 0.6) is 0 Å². The summed E-state index contributed by atoms with van der Waals surface area (Å²) in [6, 6.07) is -0.472. The maximum absolute atomic E-state index is 10.8. The molecule has 4 heteroatoms. The van der Waals surface area contributed by atoms with Crippen molar-refractivity contribution in [1.29, 1.82) is 0 Å². The molecule has 60 valence electrons. The third-order valence-electron chi connectivity index (χ3n) is 1.44. The highest BCUT2D eigenvalue weighted by atomic mass is 16.5. The third-order valence-corrected chi connectivity index (χ3v) is 1.44. The van der Waals surface area contributed by atoms with E-state index in [9.17, 15) is 9.59 Å². The molecule has 0 radical (unpaired) electrons. The molecule has 1 aliphatic heterocycles. The Balaban J connectivity index is 2.42. The second-order valence-electron chi connectivity index (χ2n) is 2.22. The normalized spacial score (nSPS) is 22.5. The Morgan fingerprint density at radius 3 is 3.00 bits per heavy atom. The highest BCUT2D eigenvalue weighted by molar-refractivity contribution is 5.91. The number of ether oxygens (including phenoxy) is 1. The number of nitrogens with one attached hydrogen (secondary N) is 1. The molecule has 1 heterocycles. The fourth-order valence-electron chi connectivity index (χ4n) is 0.858. The zero-order valence-corrected chi connectivity index (χ0v) is 6.00. The van der Waals surface area contributed by atoms with E-state index < -0.39 is 6.04 Å². The quantitative estimate of drug-likeness (QED) is 0.436. The SMILES string of the molecule is C=CC(=O)N[C@H]1CCOC1=O. The van der Waals surface area contributed by atoms with E-state index in [1.54, 1.807) is 0 Å². The van der Waals surface area contributed by atoms with Crippen molar-refractivity contribution >= 4 is 11.9 Å². The van der Waals surface area contributed by atoms with Gasteiger partial charge < -0.3 is 10.1 Å². The van der Waals surface area contributed by atoms with Crippen LogP contribution in [0.15, 0.2) is 12.7 Å². The highest BCUT2D eigenvalue weighted by Gasteiger charge is 2.26. The average molecular weight is 155 g/mol. The first-order chi connectivity index (χ1) is 5.24. The van der Waals surface area contributed by atoms with Gasteiger partial charge in [0.2, 0.25) is 5.91 Å². The minimum atomic E-state index is -0.472.